The standard InChI is InChI=1S/C11H20N4S/c1-12-7-10-8-13-11(16-10)9-15-5-3-14(2)4-6-15/h8,12H,3-7,9H2,1-2H3. The molecule has 0 radical (unpaired) electrons. The Labute approximate surface area is 101 Å². The fourth-order valence-corrected chi connectivity index (χ4v) is 2.85. The van der Waals surface area contributed by atoms with Crippen LogP contribution in [0.4, 0.5) is 0 Å². The van der Waals surface area contributed by atoms with Gasteiger partial charge in [0.25, 0.3) is 0 Å². The Hall–Kier alpha value is -0.490. The molecule has 0 aromatic carbocycles. The Kier molecular flexibility index (Phi) is 4.29. The summed E-state index contributed by atoms with van der Waals surface area (Å²) in [5.41, 5.74) is 0. The lowest BCUT2D eigenvalue weighted by molar-refractivity contribution is 0.148. The third-order valence-corrected chi connectivity index (χ3v) is 3.89. The van der Waals surface area contributed by atoms with Crippen LogP contribution in [0, 0.1) is 0 Å². The molecule has 2 rings (SSSR count). The molecule has 1 fully saturated rings. The molecule has 4 nitrogen and oxygen atoms in total. The molecule has 1 aliphatic heterocycles. The number of piperazine rings is 1. The van der Waals surface area contributed by atoms with Gasteiger partial charge >= 0.3 is 0 Å². The summed E-state index contributed by atoms with van der Waals surface area (Å²) in [6.07, 6.45) is 1.99. The van der Waals surface area contributed by atoms with E-state index in [1.54, 1.807) is 0 Å². The molecule has 2 heterocycles. The third kappa shape index (κ3) is 3.25. The molecule has 16 heavy (non-hydrogen) atoms. The maximum absolute atomic E-state index is 4.47. The quantitative estimate of drug-likeness (QED) is 0.835. The van der Waals surface area contributed by atoms with Crippen molar-refractivity contribution in [2.24, 2.45) is 0 Å². The largest absolute Gasteiger partial charge is 0.315 e. The van der Waals surface area contributed by atoms with Crippen molar-refractivity contribution in [3.8, 4) is 0 Å². The molecular formula is C11H20N4S. The number of nitrogens with one attached hydrogen (secondary N) is 1. The summed E-state index contributed by atoms with van der Waals surface area (Å²) in [4.78, 5) is 10.7. The minimum absolute atomic E-state index is 0.931. The van der Waals surface area contributed by atoms with Crippen LogP contribution in [-0.2, 0) is 13.1 Å². The first-order chi connectivity index (χ1) is 7.78. The lowest BCUT2D eigenvalue weighted by atomic mass is 10.3. The number of likely N-dealkylation sites (N-methyl/N-ethyl adjacent to an activating group) is 1. The number of rotatable bonds is 4. The first-order valence-electron chi connectivity index (χ1n) is 5.77. The minimum Gasteiger partial charge on any atom is -0.315 e. The number of nitrogens with zero attached hydrogens (tertiary/aromatic N) is 3. The van der Waals surface area contributed by atoms with Gasteiger partial charge in [0.2, 0.25) is 0 Å². The lowest BCUT2D eigenvalue weighted by Gasteiger charge is -2.31. The second-order valence-corrected chi connectivity index (χ2v) is 5.53. The molecule has 0 saturated carbocycles. The van der Waals surface area contributed by atoms with Crippen molar-refractivity contribution in [3.63, 3.8) is 0 Å². The molecule has 0 amide bonds. The van der Waals surface area contributed by atoms with Crippen molar-refractivity contribution >= 4 is 11.3 Å². The predicted octanol–water partition coefficient (Wildman–Crippen LogP) is 0.610. The third-order valence-electron chi connectivity index (χ3n) is 2.91. The van der Waals surface area contributed by atoms with Gasteiger partial charge in [0.05, 0.1) is 6.54 Å². The summed E-state index contributed by atoms with van der Waals surface area (Å²) in [5.74, 6) is 0. The van der Waals surface area contributed by atoms with E-state index in [0.29, 0.717) is 0 Å². The summed E-state index contributed by atoms with van der Waals surface area (Å²) in [7, 11) is 4.16. The molecule has 1 aromatic rings. The van der Waals surface area contributed by atoms with Crippen LogP contribution in [0.3, 0.4) is 0 Å². The van der Waals surface area contributed by atoms with Crippen molar-refractivity contribution < 1.29 is 0 Å². The zero-order valence-corrected chi connectivity index (χ0v) is 10.9. The molecule has 1 saturated heterocycles. The van der Waals surface area contributed by atoms with Gasteiger partial charge in [-0.2, -0.15) is 0 Å². The van der Waals surface area contributed by atoms with Gasteiger partial charge < -0.3 is 10.2 Å². The number of aromatic nitrogens is 1. The first-order valence-corrected chi connectivity index (χ1v) is 6.58. The fraction of sp³-hybridized carbons (Fsp3) is 0.727. The van der Waals surface area contributed by atoms with E-state index in [-0.39, 0.29) is 0 Å². The molecule has 90 valence electrons. The van der Waals surface area contributed by atoms with E-state index in [4.69, 9.17) is 0 Å². The predicted molar refractivity (Wildman–Crippen MR) is 67.7 cm³/mol. The lowest BCUT2D eigenvalue weighted by Crippen LogP contribution is -2.43. The van der Waals surface area contributed by atoms with Crippen LogP contribution in [0.15, 0.2) is 6.20 Å². The van der Waals surface area contributed by atoms with Crippen LogP contribution in [0.2, 0.25) is 0 Å². The van der Waals surface area contributed by atoms with Gasteiger partial charge in [0, 0.05) is 43.8 Å². The Bertz CT molecular complexity index is 318. The maximum Gasteiger partial charge on any atom is 0.107 e. The van der Waals surface area contributed by atoms with E-state index >= 15 is 0 Å². The van der Waals surface area contributed by atoms with Crippen LogP contribution >= 0.6 is 11.3 Å². The van der Waals surface area contributed by atoms with E-state index in [1.807, 2.05) is 24.6 Å². The summed E-state index contributed by atoms with van der Waals surface area (Å²) in [6.45, 7) is 6.63. The molecule has 1 aliphatic rings. The zero-order chi connectivity index (χ0) is 11.4. The van der Waals surface area contributed by atoms with E-state index in [2.05, 4.69) is 27.1 Å². The van der Waals surface area contributed by atoms with Crippen LogP contribution in [0.25, 0.3) is 0 Å². The van der Waals surface area contributed by atoms with Crippen molar-refractivity contribution in [2.45, 2.75) is 13.1 Å². The van der Waals surface area contributed by atoms with E-state index < -0.39 is 0 Å². The molecule has 1 N–H and O–H groups in total. The Balaban J connectivity index is 1.83. The van der Waals surface area contributed by atoms with Crippen LogP contribution in [-0.4, -0.2) is 55.1 Å². The fourth-order valence-electron chi connectivity index (χ4n) is 1.87. The van der Waals surface area contributed by atoms with Crippen LogP contribution in [0.5, 0.6) is 0 Å². The summed E-state index contributed by atoms with van der Waals surface area (Å²) in [6, 6.07) is 0. The van der Waals surface area contributed by atoms with Crippen molar-refractivity contribution in [3.05, 3.63) is 16.1 Å². The van der Waals surface area contributed by atoms with Gasteiger partial charge in [-0.1, -0.05) is 0 Å². The number of hydrogen-bond donors (Lipinski definition) is 1. The molecule has 0 atom stereocenters. The summed E-state index contributed by atoms with van der Waals surface area (Å²) in [5, 5.41) is 4.40. The van der Waals surface area contributed by atoms with Gasteiger partial charge in [-0.3, -0.25) is 4.90 Å². The zero-order valence-electron chi connectivity index (χ0n) is 10.1. The maximum atomic E-state index is 4.47. The monoisotopic (exact) mass is 240 g/mol. The van der Waals surface area contributed by atoms with E-state index in [1.165, 1.54) is 23.0 Å². The van der Waals surface area contributed by atoms with E-state index in [9.17, 15) is 0 Å². The Morgan fingerprint density at radius 2 is 2.12 bits per heavy atom. The van der Waals surface area contributed by atoms with Crippen molar-refractivity contribution in [2.75, 3.05) is 40.3 Å². The SMILES string of the molecule is CNCc1cnc(CN2CCN(C)CC2)s1. The highest BCUT2D eigenvalue weighted by molar-refractivity contribution is 7.11. The Morgan fingerprint density at radius 1 is 1.38 bits per heavy atom. The van der Waals surface area contributed by atoms with Gasteiger partial charge in [0.1, 0.15) is 5.01 Å². The molecule has 0 aliphatic carbocycles. The Morgan fingerprint density at radius 3 is 2.81 bits per heavy atom. The average molecular weight is 240 g/mol. The van der Waals surface area contributed by atoms with Crippen LogP contribution < -0.4 is 5.32 Å². The van der Waals surface area contributed by atoms with Gasteiger partial charge in [-0.15, -0.1) is 11.3 Å². The second kappa shape index (κ2) is 5.72. The highest BCUT2D eigenvalue weighted by Gasteiger charge is 2.15. The summed E-state index contributed by atoms with van der Waals surface area (Å²) < 4.78 is 0. The van der Waals surface area contributed by atoms with Gasteiger partial charge in [0.15, 0.2) is 0 Å². The second-order valence-electron chi connectivity index (χ2n) is 4.33. The van der Waals surface area contributed by atoms with Crippen molar-refractivity contribution in [1.29, 1.82) is 0 Å². The number of thiazole rings is 1. The molecular weight excluding hydrogens is 220 g/mol. The smallest absolute Gasteiger partial charge is 0.107 e. The minimum atomic E-state index is 0.931. The molecule has 0 bridgehead atoms. The molecule has 0 unspecified atom stereocenters. The van der Waals surface area contributed by atoms with Crippen LogP contribution in [0.1, 0.15) is 9.88 Å². The molecule has 1 aromatic heterocycles. The normalized spacial score (nSPS) is 19.1. The molecule has 5 heteroatoms. The van der Waals surface area contributed by atoms with Gasteiger partial charge in [-0.05, 0) is 14.1 Å². The molecule has 0 spiro atoms. The first kappa shape index (κ1) is 12.0. The average Bonchev–Trinajstić information content (AvgIpc) is 2.70. The van der Waals surface area contributed by atoms with E-state index in [0.717, 1.165) is 26.2 Å². The highest BCUT2D eigenvalue weighted by Crippen LogP contribution is 2.15. The highest BCUT2D eigenvalue weighted by atomic mass is 32.1. The van der Waals surface area contributed by atoms with Crippen molar-refractivity contribution in [1.82, 2.24) is 20.1 Å². The van der Waals surface area contributed by atoms with Gasteiger partial charge in [-0.25, -0.2) is 4.98 Å². The topological polar surface area (TPSA) is 31.4 Å². The summed E-state index contributed by atoms with van der Waals surface area (Å²) >= 11 is 1.82. The number of hydrogen-bond acceptors (Lipinski definition) is 5.